The molecule has 0 spiro atoms. The Hall–Kier alpha value is -1.66. The normalized spacial score (nSPS) is 24.0. The van der Waals surface area contributed by atoms with E-state index in [1.54, 1.807) is 18.3 Å². The third kappa shape index (κ3) is 4.68. The van der Waals surface area contributed by atoms with E-state index >= 15 is 0 Å². The Kier molecular flexibility index (Phi) is 5.74. The molecule has 0 unspecified atom stereocenters. The molecule has 22 heavy (non-hydrogen) atoms. The van der Waals surface area contributed by atoms with Gasteiger partial charge in [0.05, 0.1) is 12.2 Å². The molecule has 0 bridgehead atoms. The van der Waals surface area contributed by atoms with Crippen LogP contribution >= 0.6 is 0 Å². The number of pyridine rings is 1. The molecule has 2 rings (SSSR count). The molecular weight excluding hydrogens is 282 g/mol. The van der Waals surface area contributed by atoms with Crippen LogP contribution in [0, 0.1) is 0 Å². The number of nitrogens with zero attached hydrogens (tertiary/aromatic N) is 2. The maximum Gasteiger partial charge on any atom is 0.250 e. The van der Waals surface area contributed by atoms with E-state index in [4.69, 9.17) is 4.74 Å². The predicted molar refractivity (Wildman–Crippen MR) is 84.8 cm³/mol. The summed E-state index contributed by atoms with van der Waals surface area (Å²) in [5.41, 5.74) is -0.165. The summed E-state index contributed by atoms with van der Waals surface area (Å²) in [7, 11) is 0. The predicted octanol–water partition coefficient (Wildman–Crippen LogP) is 0.462. The molecule has 6 nitrogen and oxygen atoms in total. The summed E-state index contributed by atoms with van der Waals surface area (Å²) in [6.07, 6.45) is 2.05. The lowest BCUT2D eigenvalue weighted by Crippen LogP contribution is -2.52. The molecular formula is C16H25N3O3. The van der Waals surface area contributed by atoms with Gasteiger partial charge in [0.25, 0.3) is 5.56 Å². The summed E-state index contributed by atoms with van der Waals surface area (Å²) in [5, 5.41) is 2.90. The van der Waals surface area contributed by atoms with E-state index in [0.29, 0.717) is 6.54 Å². The van der Waals surface area contributed by atoms with E-state index in [-0.39, 0.29) is 36.3 Å². The third-order valence-corrected chi connectivity index (χ3v) is 3.88. The first-order valence-electron chi connectivity index (χ1n) is 7.77. The first-order valence-corrected chi connectivity index (χ1v) is 7.77. The van der Waals surface area contributed by atoms with Crippen molar-refractivity contribution in [2.75, 3.05) is 19.6 Å². The maximum absolute atomic E-state index is 12.0. The molecule has 6 heteroatoms. The molecule has 1 N–H and O–H groups in total. The number of aromatic nitrogens is 1. The van der Waals surface area contributed by atoms with Crippen LogP contribution < -0.4 is 10.9 Å². The SMILES string of the molecule is C[C@@H]1CN([C@@H](C)CNC(=O)Cn2ccccc2=O)C[C@H](C)O1. The smallest absolute Gasteiger partial charge is 0.250 e. The van der Waals surface area contributed by atoms with Gasteiger partial charge in [-0.05, 0) is 26.8 Å². The second-order valence-electron chi connectivity index (χ2n) is 6.03. The molecule has 122 valence electrons. The standard InChI is InChI=1S/C16H25N3O3/c1-12(19-9-13(2)22-14(3)10-19)8-17-15(20)11-18-7-5-4-6-16(18)21/h4-7,12-14H,8-11H2,1-3H3,(H,17,20)/t12-,13-,14+/m0/s1. The molecule has 1 aromatic rings. The lowest BCUT2D eigenvalue weighted by molar-refractivity contribution is -0.122. The Bertz CT molecular complexity index is 548. The number of rotatable bonds is 5. The van der Waals surface area contributed by atoms with E-state index in [9.17, 15) is 9.59 Å². The molecule has 2 heterocycles. The highest BCUT2D eigenvalue weighted by Gasteiger charge is 2.25. The summed E-state index contributed by atoms with van der Waals surface area (Å²) in [6.45, 7) is 8.60. The van der Waals surface area contributed by atoms with Gasteiger partial charge in [-0.1, -0.05) is 6.07 Å². The van der Waals surface area contributed by atoms with Crippen LogP contribution in [0.25, 0.3) is 0 Å². The average Bonchev–Trinajstić information content (AvgIpc) is 2.46. The molecule has 0 saturated carbocycles. The van der Waals surface area contributed by atoms with Gasteiger partial charge in [-0.2, -0.15) is 0 Å². The zero-order valence-electron chi connectivity index (χ0n) is 13.5. The highest BCUT2D eigenvalue weighted by Crippen LogP contribution is 2.13. The van der Waals surface area contributed by atoms with Crippen molar-refractivity contribution >= 4 is 5.91 Å². The maximum atomic E-state index is 12.0. The molecule has 0 aliphatic carbocycles. The van der Waals surface area contributed by atoms with Gasteiger partial charge < -0.3 is 14.6 Å². The van der Waals surface area contributed by atoms with E-state index in [1.807, 2.05) is 0 Å². The number of carbonyl (C=O) groups is 1. The average molecular weight is 307 g/mol. The van der Waals surface area contributed by atoms with Gasteiger partial charge >= 0.3 is 0 Å². The summed E-state index contributed by atoms with van der Waals surface area (Å²) < 4.78 is 7.12. The van der Waals surface area contributed by atoms with Gasteiger partial charge in [-0.3, -0.25) is 14.5 Å². The number of nitrogens with one attached hydrogen (secondary N) is 1. The minimum absolute atomic E-state index is 0.0578. The molecule has 1 amide bonds. The van der Waals surface area contributed by atoms with Crippen molar-refractivity contribution in [3.05, 3.63) is 34.7 Å². The molecule has 1 saturated heterocycles. The van der Waals surface area contributed by atoms with Crippen molar-refractivity contribution in [1.82, 2.24) is 14.8 Å². The molecule has 0 aromatic carbocycles. The second-order valence-corrected chi connectivity index (χ2v) is 6.03. The van der Waals surface area contributed by atoms with Crippen LogP contribution in [0.5, 0.6) is 0 Å². The van der Waals surface area contributed by atoms with E-state index < -0.39 is 0 Å². The van der Waals surface area contributed by atoms with Gasteiger partial charge in [-0.25, -0.2) is 0 Å². The lowest BCUT2D eigenvalue weighted by atomic mass is 10.1. The Morgan fingerprint density at radius 2 is 2.05 bits per heavy atom. The molecule has 3 atom stereocenters. The van der Waals surface area contributed by atoms with Crippen molar-refractivity contribution < 1.29 is 9.53 Å². The Labute approximate surface area is 131 Å². The number of morpholine rings is 1. The Morgan fingerprint density at radius 3 is 2.68 bits per heavy atom. The van der Waals surface area contributed by atoms with Crippen molar-refractivity contribution in [1.29, 1.82) is 0 Å². The minimum Gasteiger partial charge on any atom is -0.373 e. The summed E-state index contributed by atoms with van der Waals surface area (Å²) in [5.74, 6) is -0.144. The van der Waals surface area contributed by atoms with Gasteiger partial charge in [-0.15, -0.1) is 0 Å². The molecule has 0 radical (unpaired) electrons. The zero-order chi connectivity index (χ0) is 16.1. The first-order chi connectivity index (χ1) is 10.5. The third-order valence-electron chi connectivity index (χ3n) is 3.88. The monoisotopic (exact) mass is 307 g/mol. The zero-order valence-corrected chi connectivity index (χ0v) is 13.5. The van der Waals surface area contributed by atoms with Crippen LogP contribution in [0.3, 0.4) is 0 Å². The van der Waals surface area contributed by atoms with Crippen LogP contribution in [-0.4, -0.2) is 53.3 Å². The van der Waals surface area contributed by atoms with Crippen LogP contribution in [-0.2, 0) is 16.1 Å². The number of carbonyl (C=O) groups excluding carboxylic acids is 1. The van der Waals surface area contributed by atoms with Gasteiger partial charge in [0.2, 0.25) is 5.91 Å². The van der Waals surface area contributed by atoms with Crippen LogP contribution in [0.15, 0.2) is 29.2 Å². The fraction of sp³-hybridized carbons (Fsp3) is 0.625. The molecule has 1 aliphatic rings. The van der Waals surface area contributed by atoms with Gasteiger partial charge in [0.15, 0.2) is 0 Å². The second kappa shape index (κ2) is 7.56. The Morgan fingerprint density at radius 1 is 1.36 bits per heavy atom. The van der Waals surface area contributed by atoms with Gasteiger partial charge in [0.1, 0.15) is 6.54 Å². The Balaban J connectivity index is 1.80. The van der Waals surface area contributed by atoms with E-state index in [0.717, 1.165) is 13.1 Å². The fourth-order valence-electron chi connectivity index (χ4n) is 2.77. The van der Waals surface area contributed by atoms with Gasteiger partial charge in [0, 0.05) is 37.9 Å². The highest BCUT2D eigenvalue weighted by atomic mass is 16.5. The highest BCUT2D eigenvalue weighted by molar-refractivity contribution is 5.75. The van der Waals surface area contributed by atoms with Crippen molar-refractivity contribution in [2.24, 2.45) is 0 Å². The molecule has 1 fully saturated rings. The molecule has 1 aromatic heterocycles. The largest absolute Gasteiger partial charge is 0.373 e. The minimum atomic E-state index is -0.165. The van der Waals surface area contributed by atoms with E-state index in [2.05, 4.69) is 31.0 Å². The van der Waals surface area contributed by atoms with Crippen molar-refractivity contribution in [2.45, 2.75) is 45.6 Å². The van der Waals surface area contributed by atoms with Crippen LogP contribution in [0.1, 0.15) is 20.8 Å². The fourth-order valence-corrected chi connectivity index (χ4v) is 2.77. The van der Waals surface area contributed by atoms with Crippen molar-refractivity contribution in [3.8, 4) is 0 Å². The summed E-state index contributed by atoms with van der Waals surface area (Å²) >= 11 is 0. The molecule has 1 aliphatic heterocycles. The summed E-state index contributed by atoms with van der Waals surface area (Å²) in [4.78, 5) is 25.9. The number of hydrogen-bond donors (Lipinski definition) is 1. The van der Waals surface area contributed by atoms with Crippen molar-refractivity contribution in [3.63, 3.8) is 0 Å². The van der Waals surface area contributed by atoms with Crippen LogP contribution in [0.4, 0.5) is 0 Å². The quantitative estimate of drug-likeness (QED) is 0.858. The number of hydrogen-bond acceptors (Lipinski definition) is 4. The van der Waals surface area contributed by atoms with Crippen LogP contribution in [0.2, 0.25) is 0 Å². The van der Waals surface area contributed by atoms with E-state index in [1.165, 1.54) is 10.6 Å². The summed E-state index contributed by atoms with van der Waals surface area (Å²) in [6, 6.07) is 5.10. The number of amides is 1. The number of ether oxygens (including phenoxy) is 1. The lowest BCUT2D eigenvalue weighted by Gasteiger charge is -2.39. The first kappa shape index (κ1) is 16.7. The topological polar surface area (TPSA) is 63.6 Å².